The average molecular weight is 371 g/mol. The first-order chi connectivity index (χ1) is 13.1. The van der Waals surface area contributed by atoms with Gasteiger partial charge in [0.2, 0.25) is 11.9 Å². The fraction of sp³-hybridized carbons (Fsp3) is 0.773. The van der Waals surface area contributed by atoms with Crippen molar-refractivity contribution in [2.45, 2.75) is 83.6 Å². The van der Waals surface area contributed by atoms with E-state index in [-0.39, 0.29) is 5.54 Å². The number of hydrogen-bond acceptors (Lipinski definition) is 4. The van der Waals surface area contributed by atoms with E-state index in [0.29, 0.717) is 5.91 Å². The minimum atomic E-state index is 0.0855. The molecular weight excluding hydrogens is 336 g/mol. The molecule has 5 heteroatoms. The molecule has 1 atom stereocenters. The number of rotatable bonds is 3. The SMILES string of the molecule is Cc1cc(C)nc(N2CCC[C@@]3(CCC(=O)N3CC3CCCCC3)CC2)n1. The Hall–Kier alpha value is -1.65. The number of hydrogen-bond donors (Lipinski definition) is 0. The van der Waals surface area contributed by atoms with Crippen LogP contribution in [0.15, 0.2) is 6.07 Å². The third-order valence-corrected chi connectivity index (χ3v) is 7.01. The maximum atomic E-state index is 12.8. The van der Waals surface area contributed by atoms with E-state index in [4.69, 9.17) is 0 Å². The molecule has 5 nitrogen and oxygen atoms in total. The zero-order chi connectivity index (χ0) is 18.9. The molecule has 27 heavy (non-hydrogen) atoms. The van der Waals surface area contributed by atoms with Crippen LogP contribution in [0.2, 0.25) is 0 Å². The van der Waals surface area contributed by atoms with E-state index in [2.05, 4.69) is 19.8 Å². The zero-order valence-corrected chi connectivity index (χ0v) is 17.0. The summed E-state index contributed by atoms with van der Waals surface area (Å²) in [5.41, 5.74) is 2.15. The Morgan fingerprint density at radius 3 is 2.48 bits per heavy atom. The van der Waals surface area contributed by atoms with Crippen molar-refractivity contribution in [1.82, 2.24) is 14.9 Å². The van der Waals surface area contributed by atoms with Gasteiger partial charge in [0, 0.05) is 43.0 Å². The molecule has 1 aromatic rings. The highest BCUT2D eigenvalue weighted by molar-refractivity contribution is 5.79. The van der Waals surface area contributed by atoms with Crippen LogP contribution < -0.4 is 4.90 Å². The van der Waals surface area contributed by atoms with Crippen LogP contribution in [0.5, 0.6) is 0 Å². The van der Waals surface area contributed by atoms with Gasteiger partial charge in [-0.3, -0.25) is 4.79 Å². The largest absolute Gasteiger partial charge is 0.341 e. The van der Waals surface area contributed by atoms with Crippen molar-refractivity contribution in [3.8, 4) is 0 Å². The summed E-state index contributed by atoms with van der Waals surface area (Å²) in [7, 11) is 0. The van der Waals surface area contributed by atoms with Crippen molar-refractivity contribution >= 4 is 11.9 Å². The van der Waals surface area contributed by atoms with Crippen LogP contribution in [0, 0.1) is 19.8 Å². The fourth-order valence-corrected chi connectivity index (χ4v) is 5.54. The Kier molecular flexibility index (Phi) is 5.38. The molecule has 0 unspecified atom stereocenters. The smallest absolute Gasteiger partial charge is 0.225 e. The van der Waals surface area contributed by atoms with Crippen LogP contribution in [-0.4, -0.2) is 45.9 Å². The van der Waals surface area contributed by atoms with Crippen molar-refractivity contribution in [3.63, 3.8) is 0 Å². The Balaban J connectivity index is 1.48. The number of aryl methyl sites for hydroxylation is 2. The number of aromatic nitrogens is 2. The molecule has 0 radical (unpaired) electrons. The number of nitrogens with zero attached hydrogens (tertiary/aromatic N) is 4. The van der Waals surface area contributed by atoms with Crippen LogP contribution in [0.3, 0.4) is 0 Å². The molecule has 3 aliphatic rings. The van der Waals surface area contributed by atoms with E-state index in [0.717, 1.165) is 75.0 Å². The molecule has 3 fully saturated rings. The van der Waals surface area contributed by atoms with Gasteiger partial charge >= 0.3 is 0 Å². The minimum absolute atomic E-state index is 0.0855. The summed E-state index contributed by atoms with van der Waals surface area (Å²) < 4.78 is 0. The van der Waals surface area contributed by atoms with Crippen molar-refractivity contribution in [3.05, 3.63) is 17.5 Å². The summed E-state index contributed by atoms with van der Waals surface area (Å²) in [6.07, 6.45) is 11.8. The predicted molar refractivity (Wildman–Crippen MR) is 108 cm³/mol. The van der Waals surface area contributed by atoms with Crippen molar-refractivity contribution in [2.24, 2.45) is 5.92 Å². The van der Waals surface area contributed by atoms with E-state index in [1.165, 1.54) is 32.1 Å². The quantitative estimate of drug-likeness (QED) is 0.806. The summed E-state index contributed by atoms with van der Waals surface area (Å²) in [6.45, 7) is 7.03. The molecule has 1 aromatic heterocycles. The molecule has 0 aromatic carbocycles. The Labute approximate surface area is 163 Å². The molecule has 0 bridgehead atoms. The number of amides is 1. The van der Waals surface area contributed by atoms with Crippen molar-refractivity contribution in [1.29, 1.82) is 0 Å². The summed E-state index contributed by atoms with van der Waals surface area (Å²) in [5.74, 6) is 1.99. The van der Waals surface area contributed by atoms with Gasteiger partial charge in [0.05, 0.1) is 0 Å². The molecule has 2 saturated heterocycles. The molecule has 3 heterocycles. The maximum Gasteiger partial charge on any atom is 0.225 e. The third-order valence-electron chi connectivity index (χ3n) is 7.01. The van der Waals surface area contributed by atoms with Crippen LogP contribution in [-0.2, 0) is 4.79 Å². The lowest BCUT2D eigenvalue weighted by Gasteiger charge is -2.40. The summed E-state index contributed by atoms with van der Waals surface area (Å²) in [5, 5.41) is 0. The normalized spacial score (nSPS) is 27.4. The van der Waals surface area contributed by atoms with Gasteiger partial charge in [0.25, 0.3) is 0 Å². The average Bonchev–Trinajstić information content (AvgIpc) is 2.82. The van der Waals surface area contributed by atoms with Crippen molar-refractivity contribution < 1.29 is 4.79 Å². The maximum absolute atomic E-state index is 12.8. The van der Waals surface area contributed by atoms with Gasteiger partial charge in [-0.25, -0.2) is 9.97 Å². The predicted octanol–water partition coefficient (Wildman–Crippen LogP) is 4.03. The molecule has 4 rings (SSSR count). The molecule has 2 aliphatic heterocycles. The van der Waals surface area contributed by atoms with E-state index in [9.17, 15) is 4.79 Å². The highest BCUT2D eigenvalue weighted by Gasteiger charge is 2.46. The number of anilines is 1. The summed E-state index contributed by atoms with van der Waals surface area (Å²) in [6, 6.07) is 2.03. The first-order valence-corrected chi connectivity index (χ1v) is 10.9. The van der Waals surface area contributed by atoms with Gasteiger partial charge in [-0.2, -0.15) is 0 Å². The van der Waals surface area contributed by atoms with Gasteiger partial charge < -0.3 is 9.80 Å². The summed E-state index contributed by atoms with van der Waals surface area (Å²) >= 11 is 0. The van der Waals surface area contributed by atoms with Gasteiger partial charge in [0.1, 0.15) is 0 Å². The number of likely N-dealkylation sites (tertiary alicyclic amines) is 1. The lowest BCUT2D eigenvalue weighted by molar-refractivity contribution is -0.132. The second kappa shape index (κ2) is 7.76. The standard InChI is InChI=1S/C22H34N4O/c1-17-15-18(2)24-21(23-17)25-13-6-10-22(12-14-25)11-9-20(27)26(22)16-19-7-4-3-5-8-19/h15,19H,3-14,16H2,1-2H3/t22-/m1/s1. The second-order valence-corrected chi connectivity index (χ2v) is 9.02. The summed E-state index contributed by atoms with van der Waals surface area (Å²) in [4.78, 5) is 26.8. The van der Waals surface area contributed by atoms with Crippen LogP contribution in [0.4, 0.5) is 5.95 Å². The first kappa shape index (κ1) is 18.7. The van der Waals surface area contributed by atoms with Crippen LogP contribution >= 0.6 is 0 Å². The van der Waals surface area contributed by atoms with Gasteiger partial charge in [-0.05, 0) is 64.4 Å². The van der Waals surface area contributed by atoms with Crippen LogP contribution in [0.1, 0.15) is 75.6 Å². The lowest BCUT2D eigenvalue weighted by atomic mass is 9.84. The Morgan fingerprint density at radius 1 is 1.00 bits per heavy atom. The Morgan fingerprint density at radius 2 is 1.74 bits per heavy atom. The molecule has 148 valence electrons. The topological polar surface area (TPSA) is 49.3 Å². The molecule has 0 N–H and O–H groups in total. The Bertz CT molecular complexity index is 665. The van der Waals surface area contributed by atoms with Crippen LogP contribution in [0.25, 0.3) is 0 Å². The van der Waals surface area contributed by atoms with E-state index in [1.54, 1.807) is 0 Å². The zero-order valence-electron chi connectivity index (χ0n) is 17.0. The minimum Gasteiger partial charge on any atom is -0.341 e. The van der Waals surface area contributed by atoms with Gasteiger partial charge in [-0.1, -0.05) is 19.3 Å². The monoisotopic (exact) mass is 370 g/mol. The molecule has 1 spiro atoms. The molecule has 1 amide bonds. The molecular formula is C22H34N4O. The lowest BCUT2D eigenvalue weighted by Crippen LogP contribution is -2.48. The van der Waals surface area contributed by atoms with E-state index < -0.39 is 0 Å². The first-order valence-electron chi connectivity index (χ1n) is 10.9. The molecule has 1 aliphatic carbocycles. The van der Waals surface area contributed by atoms with E-state index >= 15 is 0 Å². The number of carbonyl (C=O) groups is 1. The van der Waals surface area contributed by atoms with Gasteiger partial charge in [-0.15, -0.1) is 0 Å². The third kappa shape index (κ3) is 3.97. The fourth-order valence-electron chi connectivity index (χ4n) is 5.54. The number of carbonyl (C=O) groups excluding carboxylic acids is 1. The van der Waals surface area contributed by atoms with E-state index in [1.807, 2.05) is 19.9 Å². The second-order valence-electron chi connectivity index (χ2n) is 9.02. The van der Waals surface area contributed by atoms with Gasteiger partial charge in [0.15, 0.2) is 0 Å². The highest BCUT2D eigenvalue weighted by Crippen LogP contribution is 2.41. The molecule has 1 saturated carbocycles. The highest BCUT2D eigenvalue weighted by atomic mass is 16.2. The van der Waals surface area contributed by atoms with Crippen molar-refractivity contribution in [2.75, 3.05) is 24.5 Å².